The van der Waals surface area contributed by atoms with Gasteiger partial charge in [-0.25, -0.2) is 12.8 Å². The summed E-state index contributed by atoms with van der Waals surface area (Å²) in [5, 5.41) is 0.300. The minimum Gasteiger partial charge on any atom is -0.486 e. The van der Waals surface area contributed by atoms with Gasteiger partial charge in [-0.2, -0.15) is 4.31 Å². The van der Waals surface area contributed by atoms with Gasteiger partial charge in [0, 0.05) is 11.4 Å². The molecule has 9 heteroatoms. The summed E-state index contributed by atoms with van der Waals surface area (Å²) in [6.45, 7) is 1.47. The van der Waals surface area contributed by atoms with E-state index in [0.717, 1.165) is 4.31 Å². The van der Waals surface area contributed by atoms with Gasteiger partial charge in [0.05, 0.1) is 18.6 Å². The van der Waals surface area contributed by atoms with Crippen LogP contribution in [-0.2, 0) is 19.6 Å². The Morgan fingerprint density at radius 2 is 1.93 bits per heavy atom. The number of carbonyl (C=O) groups excluding carboxylic acids is 1. The number of sulfonamides is 1. The lowest BCUT2D eigenvalue weighted by Crippen LogP contribution is -2.41. The van der Waals surface area contributed by atoms with Crippen LogP contribution < -0.4 is 4.74 Å². The minimum atomic E-state index is -4.06. The Balaban J connectivity index is 1.94. The van der Waals surface area contributed by atoms with Crippen molar-refractivity contribution in [3.8, 4) is 5.75 Å². The van der Waals surface area contributed by atoms with E-state index < -0.39 is 34.0 Å². The molecule has 2 atom stereocenters. The maximum absolute atomic E-state index is 13.9. The number of nitrogens with zero attached hydrogens (tertiary/aromatic N) is 1. The third-order valence-electron chi connectivity index (χ3n) is 4.63. The van der Waals surface area contributed by atoms with Gasteiger partial charge in [-0.15, -0.1) is 0 Å². The van der Waals surface area contributed by atoms with Gasteiger partial charge in [0.15, 0.2) is 11.6 Å². The predicted molar refractivity (Wildman–Crippen MR) is 101 cm³/mol. The number of para-hydroxylation sites is 1. The molecule has 1 aliphatic heterocycles. The third kappa shape index (κ3) is 3.85. The second-order valence-corrected chi connectivity index (χ2v) is 8.65. The van der Waals surface area contributed by atoms with Gasteiger partial charge in [0.1, 0.15) is 12.1 Å². The monoisotopic (exact) mass is 427 g/mol. The summed E-state index contributed by atoms with van der Waals surface area (Å²) in [6.07, 6.45) is -0.671. The Morgan fingerprint density at radius 3 is 2.61 bits per heavy atom. The van der Waals surface area contributed by atoms with E-state index >= 15 is 0 Å². The van der Waals surface area contributed by atoms with Crippen LogP contribution in [0.2, 0.25) is 5.02 Å². The summed E-state index contributed by atoms with van der Waals surface area (Å²) < 4.78 is 51.8. The lowest BCUT2D eigenvalue weighted by atomic mass is 10.2. The Bertz CT molecular complexity index is 998. The first-order chi connectivity index (χ1) is 13.3. The third-order valence-corrected chi connectivity index (χ3v) is 7.05. The van der Waals surface area contributed by atoms with E-state index in [-0.39, 0.29) is 23.6 Å². The smallest absolute Gasteiger partial charge is 0.324 e. The van der Waals surface area contributed by atoms with Crippen LogP contribution >= 0.6 is 11.6 Å². The first-order valence-corrected chi connectivity index (χ1v) is 10.3. The van der Waals surface area contributed by atoms with Gasteiger partial charge in [-0.05, 0) is 36.8 Å². The molecule has 0 radical (unpaired) electrons. The molecule has 3 rings (SSSR count). The largest absolute Gasteiger partial charge is 0.486 e. The molecule has 0 bridgehead atoms. The molecule has 1 heterocycles. The Hall–Kier alpha value is -2.16. The maximum atomic E-state index is 13.9. The van der Waals surface area contributed by atoms with Crippen molar-refractivity contribution in [2.24, 2.45) is 0 Å². The molecule has 6 nitrogen and oxygen atoms in total. The van der Waals surface area contributed by atoms with Crippen molar-refractivity contribution in [1.29, 1.82) is 0 Å². The minimum absolute atomic E-state index is 0.000412. The van der Waals surface area contributed by atoms with E-state index in [1.807, 2.05) is 0 Å². The highest BCUT2D eigenvalue weighted by Gasteiger charge is 2.46. The standard InChI is InChI=1S/C19H19ClFNO5S/c1-12-14(20)6-5-9-18(12)28(24,25)22-11-13(10-16(22)19(23)26-2)27-17-8-4-3-7-15(17)21/h3-9,13,16H,10-11H2,1-2H3. The van der Waals surface area contributed by atoms with Crippen LogP contribution in [0, 0.1) is 12.7 Å². The number of hydrogen-bond acceptors (Lipinski definition) is 5. The quantitative estimate of drug-likeness (QED) is 0.685. The molecule has 0 aromatic heterocycles. The molecule has 0 saturated carbocycles. The molecule has 0 amide bonds. The molecule has 2 unspecified atom stereocenters. The molecule has 1 aliphatic rings. The van der Waals surface area contributed by atoms with Crippen molar-refractivity contribution >= 4 is 27.6 Å². The average Bonchev–Trinajstić information content (AvgIpc) is 3.10. The number of ether oxygens (including phenoxy) is 2. The van der Waals surface area contributed by atoms with Crippen LogP contribution in [0.5, 0.6) is 5.75 Å². The molecule has 2 aromatic carbocycles. The molecule has 1 fully saturated rings. The van der Waals surface area contributed by atoms with E-state index in [2.05, 4.69) is 0 Å². The zero-order valence-electron chi connectivity index (χ0n) is 15.3. The van der Waals surface area contributed by atoms with Gasteiger partial charge in [-0.1, -0.05) is 29.8 Å². The van der Waals surface area contributed by atoms with Crippen LogP contribution in [0.15, 0.2) is 47.4 Å². The summed E-state index contributed by atoms with van der Waals surface area (Å²) in [7, 11) is -2.87. The summed E-state index contributed by atoms with van der Waals surface area (Å²) in [4.78, 5) is 12.2. The summed E-state index contributed by atoms with van der Waals surface area (Å²) in [6, 6.07) is 9.27. The molecular formula is C19H19ClFNO5S. The van der Waals surface area contributed by atoms with Gasteiger partial charge < -0.3 is 9.47 Å². The van der Waals surface area contributed by atoms with Crippen LogP contribution in [-0.4, -0.2) is 44.5 Å². The zero-order valence-corrected chi connectivity index (χ0v) is 16.8. The Labute approximate surface area is 167 Å². The van der Waals surface area contributed by atoms with E-state index in [1.165, 1.54) is 37.4 Å². The second-order valence-electron chi connectivity index (χ2n) is 6.38. The number of esters is 1. The number of rotatable bonds is 5. The lowest BCUT2D eigenvalue weighted by molar-refractivity contribution is -0.144. The van der Waals surface area contributed by atoms with Gasteiger partial charge in [0.25, 0.3) is 0 Å². The van der Waals surface area contributed by atoms with Gasteiger partial charge >= 0.3 is 5.97 Å². The number of benzene rings is 2. The summed E-state index contributed by atoms with van der Waals surface area (Å²) in [5.74, 6) is -1.28. The SMILES string of the molecule is COC(=O)C1CC(Oc2ccccc2F)CN1S(=O)(=O)c1cccc(Cl)c1C. The van der Waals surface area contributed by atoms with Gasteiger partial charge in [-0.3, -0.25) is 4.79 Å². The fourth-order valence-corrected chi connectivity index (χ4v) is 5.28. The molecule has 0 aliphatic carbocycles. The maximum Gasteiger partial charge on any atom is 0.324 e. The van der Waals surface area contributed by atoms with Crippen LogP contribution in [0.25, 0.3) is 0 Å². The van der Waals surface area contributed by atoms with Crippen molar-refractivity contribution in [2.45, 2.75) is 30.4 Å². The van der Waals surface area contributed by atoms with Crippen molar-refractivity contribution in [2.75, 3.05) is 13.7 Å². The van der Waals surface area contributed by atoms with Crippen LogP contribution in [0.1, 0.15) is 12.0 Å². The van der Waals surface area contributed by atoms with E-state index in [4.69, 9.17) is 21.1 Å². The molecular weight excluding hydrogens is 409 g/mol. The number of carbonyl (C=O) groups is 1. The molecule has 28 heavy (non-hydrogen) atoms. The van der Waals surface area contributed by atoms with Crippen LogP contribution in [0.3, 0.4) is 0 Å². The van der Waals surface area contributed by atoms with Crippen LogP contribution in [0.4, 0.5) is 4.39 Å². The Morgan fingerprint density at radius 1 is 1.21 bits per heavy atom. The Kier molecular flexibility index (Phi) is 5.92. The summed E-state index contributed by atoms with van der Waals surface area (Å²) in [5.41, 5.74) is 0.381. The van der Waals surface area contributed by atoms with E-state index in [0.29, 0.717) is 10.6 Å². The lowest BCUT2D eigenvalue weighted by Gasteiger charge is -2.23. The molecule has 2 aromatic rings. The second kappa shape index (κ2) is 8.06. The summed E-state index contributed by atoms with van der Waals surface area (Å²) >= 11 is 6.07. The fraction of sp³-hybridized carbons (Fsp3) is 0.316. The van der Waals surface area contributed by atoms with E-state index in [9.17, 15) is 17.6 Å². The predicted octanol–water partition coefficient (Wildman–Crippen LogP) is 3.17. The fourth-order valence-electron chi connectivity index (χ4n) is 3.18. The molecule has 0 N–H and O–H groups in total. The van der Waals surface area contributed by atoms with E-state index in [1.54, 1.807) is 19.1 Å². The average molecular weight is 428 g/mol. The molecule has 0 spiro atoms. The van der Waals surface area contributed by atoms with Crippen molar-refractivity contribution in [3.05, 3.63) is 58.9 Å². The van der Waals surface area contributed by atoms with Crippen molar-refractivity contribution in [1.82, 2.24) is 4.31 Å². The number of methoxy groups -OCH3 is 1. The molecule has 1 saturated heterocycles. The zero-order chi connectivity index (χ0) is 20.5. The van der Waals surface area contributed by atoms with Gasteiger partial charge in [0.2, 0.25) is 10.0 Å². The number of hydrogen-bond donors (Lipinski definition) is 0. The first kappa shape index (κ1) is 20.6. The topological polar surface area (TPSA) is 72.9 Å². The van der Waals surface area contributed by atoms with Crippen molar-refractivity contribution < 1.29 is 27.1 Å². The highest BCUT2D eigenvalue weighted by atomic mass is 35.5. The highest BCUT2D eigenvalue weighted by Crippen LogP contribution is 2.33. The normalized spacial score (nSPS) is 20.1. The van der Waals surface area contributed by atoms with Crippen molar-refractivity contribution in [3.63, 3.8) is 0 Å². The number of halogens is 2. The molecule has 150 valence electrons. The highest BCUT2D eigenvalue weighted by molar-refractivity contribution is 7.89. The first-order valence-electron chi connectivity index (χ1n) is 8.51.